The van der Waals surface area contributed by atoms with E-state index in [1.165, 1.54) is 26.7 Å². The van der Waals surface area contributed by atoms with Crippen molar-refractivity contribution in [1.82, 2.24) is 20.4 Å². The van der Waals surface area contributed by atoms with Crippen LogP contribution in [0.15, 0.2) is 43.0 Å². The number of carbonyl (C=O) groups excluding carboxylic acids is 1. The third-order valence-electron chi connectivity index (χ3n) is 3.83. The lowest BCUT2D eigenvalue weighted by Gasteiger charge is -2.16. The molecule has 29 heavy (non-hydrogen) atoms. The molecule has 3 rings (SSSR count). The summed E-state index contributed by atoms with van der Waals surface area (Å²) in [5, 5.41) is 3.42. The van der Waals surface area contributed by atoms with Gasteiger partial charge in [-0.2, -0.15) is 0 Å². The summed E-state index contributed by atoms with van der Waals surface area (Å²) in [5.41, 5.74) is 12.4. The molecule has 11 heteroatoms. The van der Waals surface area contributed by atoms with E-state index >= 15 is 0 Å². The minimum atomic E-state index is -0.394. The number of carbonyl (C=O) groups is 1. The quantitative estimate of drug-likeness (QED) is 0.429. The van der Waals surface area contributed by atoms with Gasteiger partial charge in [0.2, 0.25) is 0 Å². The molecule has 10 nitrogen and oxygen atoms in total. The Morgan fingerprint density at radius 3 is 2.59 bits per heavy atom. The van der Waals surface area contributed by atoms with Crippen LogP contribution in [0.3, 0.4) is 0 Å². The topological polar surface area (TPSA) is 136 Å². The fraction of sp³-hybridized carbons (Fsp3) is 0.111. The molecule has 0 unspecified atom stereocenters. The maximum Gasteiger partial charge on any atom is 0.271 e. The molecule has 0 aliphatic carbocycles. The van der Waals surface area contributed by atoms with E-state index in [2.05, 4.69) is 31.1 Å². The second-order valence-corrected chi connectivity index (χ2v) is 6.02. The summed E-state index contributed by atoms with van der Waals surface area (Å²) in [6.45, 7) is 0. The minimum Gasteiger partial charge on any atom is -0.495 e. The zero-order valence-corrected chi connectivity index (χ0v) is 16.3. The normalized spacial score (nSPS) is 10.2. The van der Waals surface area contributed by atoms with Crippen LogP contribution in [0.2, 0.25) is 5.02 Å². The fourth-order valence-corrected chi connectivity index (χ4v) is 2.61. The minimum absolute atomic E-state index is 0.174. The number of methoxy groups -OCH3 is 2. The Morgan fingerprint density at radius 1 is 1.14 bits per heavy atom. The van der Waals surface area contributed by atoms with E-state index < -0.39 is 5.91 Å². The summed E-state index contributed by atoms with van der Waals surface area (Å²) in [4.78, 5) is 24.2. The number of rotatable bonds is 7. The van der Waals surface area contributed by atoms with E-state index in [9.17, 15) is 4.79 Å². The number of nitrogens with two attached hydrogens (primary N) is 1. The van der Waals surface area contributed by atoms with Crippen LogP contribution in [0, 0.1) is 0 Å². The molecule has 150 valence electrons. The van der Waals surface area contributed by atoms with E-state index in [1.54, 1.807) is 30.5 Å². The van der Waals surface area contributed by atoms with Crippen molar-refractivity contribution >= 4 is 40.5 Å². The van der Waals surface area contributed by atoms with Gasteiger partial charge < -0.3 is 20.5 Å². The van der Waals surface area contributed by atoms with E-state index in [0.717, 1.165) is 0 Å². The highest BCUT2D eigenvalue weighted by atomic mass is 35.5. The van der Waals surface area contributed by atoms with Gasteiger partial charge in [-0.3, -0.25) is 20.6 Å². The van der Waals surface area contributed by atoms with Crippen molar-refractivity contribution < 1.29 is 14.3 Å². The molecule has 0 radical (unpaired) electrons. The van der Waals surface area contributed by atoms with Crippen LogP contribution in [-0.2, 0) is 0 Å². The number of hydrazine groups is 1. The van der Waals surface area contributed by atoms with Crippen LogP contribution in [0.1, 0.15) is 10.4 Å². The number of aromatic nitrogens is 3. The summed E-state index contributed by atoms with van der Waals surface area (Å²) in [6, 6.07) is 6.54. The molecule has 1 aromatic carbocycles. The Balaban J connectivity index is 1.79. The number of nitrogen functional groups attached to an aromatic ring is 1. The molecule has 2 aromatic heterocycles. The summed E-state index contributed by atoms with van der Waals surface area (Å²) < 4.78 is 10.5. The van der Waals surface area contributed by atoms with Crippen molar-refractivity contribution in [3.05, 3.63) is 53.6 Å². The van der Waals surface area contributed by atoms with Crippen LogP contribution in [0.4, 0.5) is 23.0 Å². The van der Waals surface area contributed by atoms with Gasteiger partial charge >= 0.3 is 0 Å². The number of anilines is 4. The summed E-state index contributed by atoms with van der Waals surface area (Å²) >= 11 is 6.19. The van der Waals surface area contributed by atoms with Crippen LogP contribution < -0.4 is 31.4 Å². The smallest absolute Gasteiger partial charge is 0.271 e. The molecule has 2 heterocycles. The standard InChI is InChI=1S/C18H18ClN7O3/c1-28-13-7-14(29-2)12(6-11(13)19)24-16-15(20)17(23-9-22-16)25-26-18(27)10-4-3-5-21-8-10/h3-9H,20H2,1-2H3,(H,26,27)(H2,22,23,24,25). The van der Waals surface area contributed by atoms with E-state index in [4.69, 9.17) is 26.8 Å². The lowest BCUT2D eigenvalue weighted by atomic mass is 10.2. The highest BCUT2D eigenvalue weighted by Crippen LogP contribution is 2.38. The summed E-state index contributed by atoms with van der Waals surface area (Å²) in [6.07, 6.45) is 4.30. The van der Waals surface area contributed by atoms with Crippen LogP contribution in [-0.4, -0.2) is 35.1 Å². The highest BCUT2D eigenvalue weighted by molar-refractivity contribution is 6.32. The predicted molar refractivity (Wildman–Crippen MR) is 110 cm³/mol. The molecule has 0 bridgehead atoms. The van der Waals surface area contributed by atoms with Crippen LogP contribution >= 0.6 is 11.6 Å². The third kappa shape index (κ3) is 4.55. The summed E-state index contributed by atoms with van der Waals surface area (Å²) in [7, 11) is 3.02. The average molecular weight is 416 g/mol. The number of nitrogens with one attached hydrogen (secondary N) is 3. The number of ether oxygens (including phenoxy) is 2. The molecule has 1 amide bonds. The maximum atomic E-state index is 12.1. The van der Waals surface area contributed by atoms with Crippen molar-refractivity contribution in [2.45, 2.75) is 0 Å². The number of nitrogens with zero attached hydrogens (tertiary/aromatic N) is 3. The van der Waals surface area contributed by atoms with Gasteiger partial charge in [0.15, 0.2) is 11.6 Å². The van der Waals surface area contributed by atoms with Gasteiger partial charge in [-0.15, -0.1) is 0 Å². The number of hydrogen-bond donors (Lipinski definition) is 4. The SMILES string of the molecule is COc1cc(OC)c(Nc2ncnc(NNC(=O)c3cccnc3)c2N)cc1Cl. The largest absolute Gasteiger partial charge is 0.495 e. The summed E-state index contributed by atoms with van der Waals surface area (Å²) in [5.74, 6) is 1.04. The first kappa shape index (κ1) is 20.0. The van der Waals surface area contributed by atoms with Crippen molar-refractivity contribution in [1.29, 1.82) is 0 Å². The predicted octanol–water partition coefficient (Wildman–Crippen LogP) is 2.62. The Kier molecular flexibility index (Phi) is 6.15. The number of benzene rings is 1. The van der Waals surface area contributed by atoms with Crippen LogP contribution in [0.5, 0.6) is 11.5 Å². The maximum absolute atomic E-state index is 12.1. The van der Waals surface area contributed by atoms with Crippen LogP contribution in [0.25, 0.3) is 0 Å². The van der Waals surface area contributed by atoms with Gasteiger partial charge in [0.25, 0.3) is 5.91 Å². The zero-order valence-electron chi connectivity index (χ0n) is 15.6. The lowest BCUT2D eigenvalue weighted by molar-refractivity contribution is 0.0962. The van der Waals surface area contributed by atoms with Crippen molar-refractivity contribution in [2.24, 2.45) is 0 Å². The van der Waals surface area contributed by atoms with Gasteiger partial charge in [0.05, 0.1) is 30.5 Å². The molecule has 0 saturated heterocycles. The first-order valence-corrected chi connectivity index (χ1v) is 8.66. The van der Waals surface area contributed by atoms with Gasteiger partial charge in [0.1, 0.15) is 23.5 Å². The van der Waals surface area contributed by atoms with Crippen molar-refractivity contribution in [3.8, 4) is 11.5 Å². The van der Waals surface area contributed by atoms with E-state index in [-0.39, 0.29) is 17.3 Å². The number of hydrogen-bond acceptors (Lipinski definition) is 9. The van der Waals surface area contributed by atoms with Gasteiger partial charge in [-0.1, -0.05) is 11.6 Å². The second kappa shape index (κ2) is 8.93. The first-order valence-electron chi connectivity index (χ1n) is 8.29. The number of halogens is 1. The number of amides is 1. The van der Waals surface area contributed by atoms with E-state index in [1.807, 2.05) is 0 Å². The third-order valence-corrected chi connectivity index (χ3v) is 4.12. The number of pyridine rings is 1. The van der Waals surface area contributed by atoms with Crippen molar-refractivity contribution in [3.63, 3.8) is 0 Å². The molecule has 0 atom stereocenters. The first-order chi connectivity index (χ1) is 14.0. The Labute approximate surface area is 171 Å². The molecule has 0 aliphatic rings. The Morgan fingerprint density at radius 2 is 1.90 bits per heavy atom. The zero-order chi connectivity index (χ0) is 20.8. The van der Waals surface area contributed by atoms with Gasteiger partial charge in [-0.25, -0.2) is 9.97 Å². The van der Waals surface area contributed by atoms with Crippen molar-refractivity contribution in [2.75, 3.05) is 30.7 Å². The molecule has 0 fully saturated rings. The molecular formula is C18H18ClN7O3. The fourth-order valence-electron chi connectivity index (χ4n) is 2.37. The monoisotopic (exact) mass is 415 g/mol. The molecular weight excluding hydrogens is 398 g/mol. The van der Waals surface area contributed by atoms with Gasteiger partial charge in [0, 0.05) is 18.5 Å². The van der Waals surface area contributed by atoms with Gasteiger partial charge in [-0.05, 0) is 18.2 Å². The molecule has 5 N–H and O–H groups in total. The lowest BCUT2D eigenvalue weighted by Crippen LogP contribution is -2.30. The molecule has 3 aromatic rings. The Bertz CT molecular complexity index is 1020. The highest BCUT2D eigenvalue weighted by Gasteiger charge is 2.14. The van der Waals surface area contributed by atoms with E-state index in [0.29, 0.717) is 27.8 Å². The average Bonchev–Trinajstić information content (AvgIpc) is 2.75. The second-order valence-electron chi connectivity index (χ2n) is 5.62. The molecule has 0 saturated carbocycles. The molecule has 0 spiro atoms. The molecule has 0 aliphatic heterocycles. The Hall–Kier alpha value is -3.79.